The minimum Gasteiger partial charge on any atom is -0.383 e. The Morgan fingerprint density at radius 3 is 2.61 bits per heavy atom. The molecule has 0 aliphatic rings. The molecule has 8 nitrogen and oxygen atoms in total. The Hall–Kier alpha value is -3.78. The lowest BCUT2D eigenvalue weighted by Gasteiger charge is -2.23. The minimum atomic E-state index is -0.230. The number of aryl methyl sites for hydroxylation is 3. The summed E-state index contributed by atoms with van der Waals surface area (Å²) >= 11 is 0. The normalized spacial score (nSPS) is 11.2. The van der Waals surface area contributed by atoms with Gasteiger partial charge in [-0.25, -0.2) is 9.50 Å². The van der Waals surface area contributed by atoms with Gasteiger partial charge in [-0.05, 0) is 69.0 Å². The van der Waals surface area contributed by atoms with Gasteiger partial charge in [0.1, 0.15) is 0 Å². The predicted octanol–water partition coefficient (Wildman–Crippen LogP) is 4.16. The number of carbonyl (C=O) groups is 2. The van der Waals surface area contributed by atoms with Crippen LogP contribution in [0.2, 0.25) is 0 Å². The summed E-state index contributed by atoms with van der Waals surface area (Å²) in [6.45, 7) is 8.61. The fourth-order valence-corrected chi connectivity index (χ4v) is 4.47. The fourth-order valence-electron chi connectivity index (χ4n) is 4.47. The van der Waals surface area contributed by atoms with E-state index in [2.05, 4.69) is 5.32 Å². The second-order valence-corrected chi connectivity index (χ2v) is 9.12. The summed E-state index contributed by atoms with van der Waals surface area (Å²) in [6, 6.07) is 13.7. The van der Waals surface area contributed by atoms with E-state index >= 15 is 0 Å². The molecule has 2 aromatic heterocycles. The topological polar surface area (TPSA) is 88.8 Å². The number of methoxy groups -OCH3 is 1. The molecule has 2 aromatic carbocycles. The van der Waals surface area contributed by atoms with E-state index in [0.717, 1.165) is 50.3 Å². The van der Waals surface area contributed by atoms with Crippen LogP contribution in [0.4, 0.5) is 5.69 Å². The van der Waals surface area contributed by atoms with Crippen molar-refractivity contribution in [3.05, 3.63) is 70.5 Å². The third kappa shape index (κ3) is 5.23. The van der Waals surface area contributed by atoms with E-state index in [1.165, 1.54) is 0 Å². The summed E-state index contributed by atoms with van der Waals surface area (Å²) in [6.07, 6.45) is 0.772. The van der Waals surface area contributed by atoms with E-state index in [9.17, 15) is 9.59 Å². The van der Waals surface area contributed by atoms with Crippen LogP contribution in [-0.2, 0) is 20.7 Å². The first-order valence-electron chi connectivity index (χ1n) is 12.2. The first-order valence-corrected chi connectivity index (χ1v) is 12.2. The number of rotatable bonds is 9. The van der Waals surface area contributed by atoms with Crippen molar-refractivity contribution < 1.29 is 14.3 Å². The van der Waals surface area contributed by atoms with E-state index < -0.39 is 0 Å². The maximum atomic E-state index is 13.2. The van der Waals surface area contributed by atoms with Gasteiger partial charge in [-0.3, -0.25) is 9.59 Å². The van der Waals surface area contributed by atoms with Gasteiger partial charge in [-0.1, -0.05) is 24.3 Å². The Morgan fingerprint density at radius 1 is 1.06 bits per heavy atom. The van der Waals surface area contributed by atoms with E-state index in [4.69, 9.17) is 14.8 Å². The average molecular weight is 488 g/mol. The van der Waals surface area contributed by atoms with Crippen LogP contribution in [0.25, 0.3) is 16.6 Å². The Morgan fingerprint density at radius 2 is 1.83 bits per heavy atom. The van der Waals surface area contributed by atoms with Crippen molar-refractivity contribution in [1.82, 2.24) is 19.5 Å². The largest absolute Gasteiger partial charge is 0.383 e. The number of hydrogen-bond acceptors (Lipinski definition) is 5. The summed E-state index contributed by atoms with van der Waals surface area (Å²) in [5, 5.41) is 8.65. The molecular formula is C28H33N5O3. The smallest absolute Gasteiger partial charge is 0.244 e. The van der Waals surface area contributed by atoms with Crippen LogP contribution in [0, 0.1) is 27.7 Å². The zero-order valence-corrected chi connectivity index (χ0v) is 21.6. The zero-order chi connectivity index (χ0) is 25.8. The van der Waals surface area contributed by atoms with Crippen LogP contribution in [0.5, 0.6) is 0 Å². The molecular weight excluding hydrogens is 454 g/mol. The van der Waals surface area contributed by atoms with Gasteiger partial charge in [0.2, 0.25) is 11.8 Å². The van der Waals surface area contributed by atoms with E-state index in [1.807, 2.05) is 74.7 Å². The molecule has 0 aliphatic heterocycles. The van der Waals surface area contributed by atoms with Crippen LogP contribution >= 0.6 is 0 Å². The molecule has 0 aliphatic carbocycles. The molecule has 188 valence electrons. The number of aromatic nitrogens is 3. The number of anilines is 1. The number of benzene rings is 2. The monoisotopic (exact) mass is 487 g/mol. The molecule has 0 saturated carbocycles. The molecule has 0 spiro atoms. The van der Waals surface area contributed by atoms with Crippen molar-refractivity contribution in [3.8, 4) is 0 Å². The zero-order valence-electron chi connectivity index (χ0n) is 21.6. The minimum absolute atomic E-state index is 0.0324. The molecule has 2 heterocycles. The van der Waals surface area contributed by atoms with Crippen LogP contribution in [-0.4, -0.2) is 58.1 Å². The second kappa shape index (κ2) is 10.9. The van der Waals surface area contributed by atoms with Crippen molar-refractivity contribution in [3.63, 3.8) is 0 Å². The Kier molecular flexibility index (Phi) is 7.64. The molecule has 4 rings (SSSR count). The molecule has 0 radical (unpaired) electrons. The lowest BCUT2D eigenvalue weighted by Crippen LogP contribution is -2.40. The van der Waals surface area contributed by atoms with E-state index in [0.29, 0.717) is 19.6 Å². The molecule has 2 amide bonds. The van der Waals surface area contributed by atoms with Crippen molar-refractivity contribution in [1.29, 1.82) is 0 Å². The molecule has 1 N–H and O–H groups in total. The highest BCUT2D eigenvalue weighted by Crippen LogP contribution is 2.23. The van der Waals surface area contributed by atoms with E-state index in [1.54, 1.807) is 12.0 Å². The fraction of sp³-hybridized carbons (Fsp3) is 0.357. The van der Waals surface area contributed by atoms with Crippen molar-refractivity contribution in [2.24, 2.45) is 0 Å². The van der Waals surface area contributed by atoms with Crippen LogP contribution in [0.3, 0.4) is 0 Å². The SMILES string of the molecule is COCCN(CC(=O)Nc1cccc(C)c1C)C(=O)CCc1c(C)nc2c3ccccc3nn2c1C. The van der Waals surface area contributed by atoms with Gasteiger partial charge >= 0.3 is 0 Å². The maximum Gasteiger partial charge on any atom is 0.244 e. The first-order chi connectivity index (χ1) is 17.3. The first kappa shape index (κ1) is 25.3. The average Bonchev–Trinajstić information content (AvgIpc) is 3.23. The number of fused-ring (bicyclic) bond motifs is 3. The highest BCUT2D eigenvalue weighted by molar-refractivity contribution is 5.95. The third-order valence-electron chi connectivity index (χ3n) is 6.74. The summed E-state index contributed by atoms with van der Waals surface area (Å²) < 4.78 is 7.05. The Bertz CT molecular complexity index is 1430. The van der Waals surface area contributed by atoms with Crippen LogP contribution in [0.1, 0.15) is 34.5 Å². The molecule has 0 bridgehead atoms. The molecule has 8 heteroatoms. The number of carbonyl (C=O) groups excluding carboxylic acids is 2. The number of amides is 2. The predicted molar refractivity (Wildman–Crippen MR) is 141 cm³/mol. The number of ether oxygens (including phenoxy) is 1. The molecule has 0 atom stereocenters. The van der Waals surface area contributed by atoms with Crippen LogP contribution in [0.15, 0.2) is 42.5 Å². The van der Waals surface area contributed by atoms with Gasteiger partial charge < -0.3 is 15.0 Å². The molecule has 4 aromatic rings. The molecule has 0 fully saturated rings. The van der Waals surface area contributed by atoms with Gasteiger partial charge in [0.25, 0.3) is 0 Å². The van der Waals surface area contributed by atoms with Crippen molar-refractivity contribution in [2.45, 2.75) is 40.5 Å². The molecule has 0 unspecified atom stereocenters. The maximum absolute atomic E-state index is 13.2. The lowest BCUT2D eigenvalue weighted by molar-refractivity contribution is -0.135. The quantitative estimate of drug-likeness (QED) is 0.383. The highest BCUT2D eigenvalue weighted by Gasteiger charge is 2.20. The second-order valence-electron chi connectivity index (χ2n) is 9.12. The van der Waals surface area contributed by atoms with E-state index in [-0.39, 0.29) is 24.8 Å². The van der Waals surface area contributed by atoms with Gasteiger partial charge in [0.05, 0.1) is 18.7 Å². The molecule has 36 heavy (non-hydrogen) atoms. The van der Waals surface area contributed by atoms with Gasteiger partial charge in [0, 0.05) is 42.5 Å². The summed E-state index contributed by atoms with van der Waals surface area (Å²) in [4.78, 5) is 32.4. The highest BCUT2D eigenvalue weighted by atomic mass is 16.5. The van der Waals surface area contributed by atoms with Crippen LogP contribution < -0.4 is 5.32 Å². The number of hydrogen-bond donors (Lipinski definition) is 1. The van der Waals surface area contributed by atoms with Gasteiger partial charge in [0.15, 0.2) is 5.65 Å². The Labute approximate surface area is 211 Å². The summed E-state index contributed by atoms with van der Waals surface area (Å²) in [5.74, 6) is -0.334. The lowest BCUT2D eigenvalue weighted by atomic mass is 10.1. The van der Waals surface area contributed by atoms with Gasteiger partial charge in [-0.15, -0.1) is 0 Å². The number of nitrogens with zero attached hydrogens (tertiary/aromatic N) is 4. The summed E-state index contributed by atoms with van der Waals surface area (Å²) in [5.41, 5.74) is 7.43. The van der Waals surface area contributed by atoms with Gasteiger partial charge in [-0.2, -0.15) is 5.10 Å². The third-order valence-corrected chi connectivity index (χ3v) is 6.74. The van der Waals surface area contributed by atoms with Crippen molar-refractivity contribution in [2.75, 3.05) is 32.1 Å². The van der Waals surface area contributed by atoms with Crippen molar-refractivity contribution >= 4 is 34.1 Å². The standard InChI is InChI=1S/C28H33N5O3/c1-18-9-8-12-24(19(18)2)30-26(34)17-32(15-16-36-5)27(35)14-13-22-20(3)29-28-23-10-6-7-11-25(23)31-33(28)21(22)4/h6-12H,13-17H2,1-5H3,(H,30,34). The Balaban J connectivity index is 1.48. The number of nitrogens with one attached hydrogen (secondary N) is 1. The summed E-state index contributed by atoms with van der Waals surface area (Å²) in [7, 11) is 1.58. The molecule has 0 saturated heterocycles.